The van der Waals surface area contributed by atoms with Crippen molar-refractivity contribution in [1.29, 1.82) is 0 Å². The number of rotatable bonds is 9. The second-order valence-corrected chi connectivity index (χ2v) is 8.50. The van der Waals surface area contributed by atoms with Crippen LogP contribution in [-0.2, 0) is 12.3 Å². The van der Waals surface area contributed by atoms with Crippen molar-refractivity contribution in [1.82, 2.24) is 15.1 Å². The molecule has 0 bridgehead atoms. The molecule has 0 atom stereocenters. The monoisotopic (exact) mass is 418 g/mol. The van der Waals surface area contributed by atoms with Gasteiger partial charge in [0, 0.05) is 28.6 Å². The molecule has 1 N–H and O–H groups in total. The van der Waals surface area contributed by atoms with E-state index in [1.807, 2.05) is 56.2 Å². The Morgan fingerprint density at radius 1 is 0.867 bits per heavy atom. The number of anilines is 1. The SMILES string of the molecule is CN(C)Cc1ccc(CSCCNc2nnc(-c3ccccc3)c3ccccc23)o1. The summed E-state index contributed by atoms with van der Waals surface area (Å²) < 4.78 is 5.87. The molecule has 154 valence electrons. The second kappa shape index (κ2) is 9.78. The molecule has 2 aromatic heterocycles. The summed E-state index contributed by atoms with van der Waals surface area (Å²) in [5.41, 5.74) is 1.99. The fraction of sp³-hybridized carbons (Fsp3) is 0.250. The zero-order valence-corrected chi connectivity index (χ0v) is 18.2. The predicted octanol–water partition coefficient (Wildman–Crippen LogP) is 5.30. The third-order valence-electron chi connectivity index (χ3n) is 4.71. The summed E-state index contributed by atoms with van der Waals surface area (Å²) in [6.45, 7) is 1.65. The van der Waals surface area contributed by atoms with E-state index >= 15 is 0 Å². The van der Waals surface area contributed by atoms with Crippen LogP contribution in [0.3, 0.4) is 0 Å². The highest BCUT2D eigenvalue weighted by molar-refractivity contribution is 7.98. The van der Waals surface area contributed by atoms with Crippen molar-refractivity contribution in [2.24, 2.45) is 0 Å². The molecule has 0 saturated heterocycles. The lowest BCUT2D eigenvalue weighted by Crippen LogP contribution is -2.09. The van der Waals surface area contributed by atoms with Gasteiger partial charge in [-0.2, -0.15) is 11.8 Å². The minimum atomic E-state index is 0.819. The van der Waals surface area contributed by atoms with E-state index in [2.05, 4.69) is 56.8 Å². The lowest BCUT2D eigenvalue weighted by atomic mass is 10.0. The van der Waals surface area contributed by atoms with E-state index in [1.165, 1.54) is 0 Å². The van der Waals surface area contributed by atoms with Gasteiger partial charge in [0.25, 0.3) is 0 Å². The van der Waals surface area contributed by atoms with Crippen molar-refractivity contribution < 1.29 is 4.42 Å². The van der Waals surface area contributed by atoms with Gasteiger partial charge in [0.05, 0.1) is 12.3 Å². The van der Waals surface area contributed by atoms with Crippen LogP contribution in [0, 0.1) is 0 Å². The fourth-order valence-electron chi connectivity index (χ4n) is 3.35. The van der Waals surface area contributed by atoms with Crippen molar-refractivity contribution in [2.45, 2.75) is 12.3 Å². The van der Waals surface area contributed by atoms with Crippen LogP contribution in [0.15, 0.2) is 71.1 Å². The van der Waals surface area contributed by atoms with E-state index < -0.39 is 0 Å². The second-order valence-electron chi connectivity index (χ2n) is 7.39. The van der Waals surface area contributed by atoms with Gasteiger partial charge in [-0.15, -0.1) is 10.2 Å². The van der Waals surface area contributed by atoms with E-state index in [0.29, 0.717) is 0 Å². The zero-order chi connectivity index (χ0) is 20.8. The first-order valence-electron chi connectivity index (χ1n) is 10.1. The Hall–Kier alpha value is -2.83. The molecular weight excluding hydrogens is 392 g/mol. The van der Waals surface area contributed by atoms with Crippen molar-refractivity contribution >= 4 is 28.4 Å². The van der Waals surface area contributed by atoms with Gasteiger partial charge < -0.3 is 14.6 Å². The number of nitrogens with zero attached hydrogens (tertiary/aromatic N) is 3. The average molecular weight is 419 g/mol. The molecule has 2 aromatic carbocycles. The molecule has 0 fully saturated rings. The Labute approximate surface area is 181 Å². The molecule has 0 amide bonds. The molecule has 0 spiro atoms. The van der Waals surface area contributed by atoms with Gasteiger partial charge in [0.15, 0.2) is 5.82 Å². The molecule has 0 unspecified atom stereocenters. The standard InChI is InChI=1S/C24H26N4OS/c1-28(2)16-19-12-13-20(29-19)17-30-15-14-25-24-22-11-7-6-10-21(22)23(26-27-24)18-8-4-3-5-9-18/h3-13H,14-17H2,1-2H3,(H,25,27). The largest absolute Gasteiger partial charge is 0.464 e. The summed E-state index contributed by atoms with van der Waals surface area (Å²) in [4.78, 5) is 2.11. The number of hydrogen-bond donors (Lipinski definition) is 1. The topological polar surface area (TPSA) is 54.2 Å². The van der Waals surface area contributed by atoms with Crippen molar-refractivity contribution in [3.8, 4) is 11.3 Å². The van der Waals surface area contributed by atoms with Crippen molar-refractivity contribution in [3.63, 3.8) is 0 Å². The zero-order valence-electron chi connectivity index (χ0n) is 17.3. The van der Waals surface area contributed by atoms with E-state index in [9.17, 15) is 0 Å². The molecular formula is C24H26N4OS. The van der Waals surface area contributed by atoms with Crippen LogP contribution in [0.2, 0.25) is 0 Å². The average Bonchev–Trinajstić information content (AvgIpc) is 3.20. The van der Waals surface area contributed by atoms with Crippen molar-refractivity contribution in [3.05, 3.63) is 78.3 Å². The normalized spacial score (nSPS) is 11.3. The third-order valence-corrected chi connectivity index (χ3v) is 5.69. The molecule has 0 radical (unpaired) electrons. The summed E-state index contributed by atoms with van der Waals surface area (Å²) in [5, 5.41) is 14.6. The van der Waals surface area contributed by atoms with Crippen LogP contribution in [0.1, 0.15) is 11.5 Å². The van der Waals surface area contributed by atoms with E-state index in [0.717, 1.165) is 64.0 Å². The van der Waals surface area contributed by atoms with Gasteiger partial charge in [0.2, 0.25) is 0 Å². The van der Waals surface area contributed by atoms with Gasteiger partial charge >= 0.3 is 0 Å². The maximum absolute atomic E-state index is 5.87. The quantitative estimate of drug-likeness (QED) is 0.372. The van der Waals surface area contributed by atoms with Crippen LogP contribution in [-0.4, -0.2) is 41.5 Å². The number of aromatic nitrogens is 2. The van der Waals surface area contributed by atoms with E-state index in [4.69, 9.17) is 4.42 Å². The molecule has 4 rings (SSSR count). The Bertz CT molecular complexity index is 1090. The minimum Gasteiger partial charge on any atom is -0.464 e. The molecule has 0 aliphatic heterocycles. The number of nitrogens with one attached hydrogen (secondary N) is 1. The molecule has 2 heterocycles. The number of fused-ring (bicyclic) bond motifs is 1. The summed E-state index contributed by atoms with van der Waals surface area (Å²) in [5.74, 6) is 4.69. The maximum Gasteiger partial charge on any atom is 0.156 e. The molecule has 6 heteroatoms. The number of furan rings is 1. The Kier molecular flexibility index (Phi) is 6.67. The predicted molar refractivity (Wildman–Crippen MR) is 126 cm³/mol. The van der Waals surface area contributed by atoms with Crippen LogP contribution >= 0.6 is 11.8 Å². The molecule has 5 nitrogen and oxygen atoms in total. The molecule has 0 aliphatic rings. The number of benzene rings is 2. The molecule has 0 saturated carbocycles. The maximum atomic E-state index is 5.87. The lowest BCUT2D eigenvalue weighted by molar-refractivity contribution is 0.344. The Morgan fingerprint density at radius 2 is 1.60 bits per heavy atom. The van der Waals surface area contributed by atoms with Crippen LogP contribution in [0.25, 0.3) is 22.0 Å². The van der Waals surface area contributed by atoms with E-state index in [-0.39, 0.29) is 0 Å². The molecule has 0 aliphatic carbocycles. The summed E-state index contributed by atoms with van der Waals surface area (Å²) in [6, 6.07) is 22.6. The van der Waals surface area contributed by atoms with Crippen LogP contribution in [0.5, 0.6) is 0 Å². The fourth-order valence-corrected chi connectivity index (χ4v) is 4.10. The van der Waals surface area contributed by atoms with Crippen LogP contribution in [0.4, 0.5) is 5.82 Å². The van der Waals surface area contributed by atoms with Gasteiger partial charge in [-0.25, -0.2) is 0 Å². The highest BCUT2D eigenvalue weighted by atomic mass is 32.2. The van der Waals surface area contributed by atoms with Gasteiger partial charge in [-0.05, 0) is 26.2 Å². The number of thioether (sulfide) groups is 1. The summed E-state index contributed by atoms with van der Waals surface area (Å²) >= 11 is 1.85. The third kappa shape index (κ3) is 5.01. The van der Waals surface area contributed by atoms with E-state index in [1.54, 1.807) is 0 Å². The first kappa shape index (κ1) is 20.4. The highest BCUT2D eigenvalue weighted by Crippen LogP contribution is 2.29. The lowest BCUT2D eigenvalue weighted by Gasteiger charge is -2.11. The molecule has 4 aromatic rings. The van der Waals surface area contributed by atoms with Gasteiger partial charge in [-0.3, -0.25) is 0 Å². The minimum absolute atomic E-state index is 0.819. The Morgan fingerprint density at radius 3 is 2.40 bits per heavy atom. The van der Waals surface area contributed by atoms with Gasteiger partial charge in [0.1, 0.15) is 17.2 Å². The number of hydrogen-bond acceptors (Lipinski definition) is 6. The van der Waals surface area contributed by atoms with Crippen LogP contribution < -0.4 is 5.32 Å². The first-order valence-corrected chi connectivity index (χ1v) is 11.2. The molecule has 30 heavy (non-hydrogen) atoms. The van der Waals surface area contributed by atoms with Gasteiger partial charge in [-0.1, -0.05) is 54.6 Å². The van der Waals surface area contributed by atoms with Crippen molar-refractivity contribution in [2.75, 3.05) is 31.7 Å². The smallest absolute Gasteiger partial charge is 0.156 e. The highest BCUT2D eigenvalue weighted by Gasteiger charge is 2.10. The first-order chi connectivity index (χ1) is 14.7. The Balaban J connectivity index is 1.36. The summed E-state index contributed by atoms with van der Waals surface area (Å²) in [7, 11) is 4.09. The summed E-state index contributed by atoms with van der Waals surface area (Å²) in [6.07, 6.45) is 0.